The van der Waals surface area contributed by atoms with Gasteiger partial charge in [0.25, 0.3) is 0 Å². The smallest absolute Gasteiger partial charge is 0.340 e. The van der Waals surface area contributed by atoms with Crippen LogP contribution in [0.3, 0.4) is 0 Å². The van der Waals surface area contributed by atoms with Gasteiger partial charge in [0.05, 0.1) is 24.1 Å². The summed E-state index contributed by atoms with van der Waals surface area (Å²) < 4.78 is 4.97. The van der Waals surface area contributed by atoms with Crippen molar-refractivity contribution in [2.24, 2.45) is 0 Å². The van der Waals surface area contributed by atoms with Gasteiger partial charge in [-0.1, -0.05) is 0 Å². The summed E-state index contributed by atoms with van der Waals surface area (Å²) in [7, 11) is 0. The van der Waals surface area contributed by atoms with Crippen molar-refractivity contribution < 1.29 is 9.53 Å². The van der Waals surface area contributed by atoms with Gasteiger partial charge < -0.3 is 10.5 Å². The van der Waals surface area contributed by atoms with Gasteiger partial charge in [-0.2, -0.15) is 0 Å². The highest BCUT2D eigenvalue weighted by Gasteiger charge is 2.17. The highest BCUT2D eigenvalue weighted by Crippen LogP contribution is 2.27. The van der Waals surface area contributed by atoms with Gasteiger partial charge in [0.2, 0.25) is 5.16 Å². The van der Waals surface area contributed by atoms with Crippen LogP contribution in [0.25, 0.3) is 0 Å². The molecule has 100 valence electrons. The molecule has 7 nitrogen and oxygen atoms in total. The number of hydrogen-bond acceptors (Lipinski definition) is 7. The van der Waals surface area contributed by atoms with Gasteiger partial charge in [0.15, 0.2) is 0 Å². The van der Waals surface area contributed by atoms with Crippen molar-refractivity contribution in [1.29, 1.82) is 0 Å². The van der Waals surface area contributed by atoms with Crippen molar-refractivity contribution >= 4 is 23.4 Å². The molecule has 0 amide bonds. The summed E-state index contributed by atoms with van der Waals surface area (Å²) in [5.74, 6) is 0.229. The number of hydrogen-bond donors (Lipinski definition) is 2. The fraction of sp³-hybridized carbons (Fsp3) is 0.273. The second-order valence-electron chi connectivity index (χ2n) is 3.65. The van der Waals surface area contributed by atoms with E-state index in [4.69, 9.17) is 10.5 Å². The van der Waals surface area contributed by atoms with Gasteiger partial charge in [-0.05, 0) is 31.7 Å². The summed E-state index contributed by atoms with van der Waals surface area (Å²) in [6.07, 6.45) is 1.48. The number of nitrogens with zero attached hydrogens (tertiary/aromatic N) is 3. The Morgan fingerprint density at radius 2 is 2.37 bits per heavy atom. The van der Waals surface area contributed by atoms with Crippen molar-refractivity contribution in [2.45, 2.75) is 24.0 Å². The van der Waals surface area contributed by atoms with Crippen LogP contribution in [0.1, 0.15) is 23.1 Å². The standard InChI is InChI=1S/C11H13N5O2S/c1-3-18-10(17)8-4-7(12)5-13-9(8)19-11-14-6(2)15-16-11/h4-5H,3,12H2,1-2H3,(H,14,15,16). The Hall–Kier alpha value is -2.09. The number of esters is 1. The van der Waals surface area contributed by atoms with Gasteiger partial charge >= 0.3 is 5.97 Å². The number of H-pyrrole nitrogens is 1. The third kappa shape index (κ3) is 3.22. The Labute approximate surface area is 114 Å². The Kier molecular flexibility index (Phi) is 4.00. The zero-order chi connectivity index (χ0) is 13.8. The first-order valence-corrected chi connectivity index (χ1v) is 6.41. The van der Waals surface area contributed by atoms with E-state index < -0.39 is 5.97 Å². The van der Waals surface area contributed by atoms with E-state index in [0.29, 0.717) is 27.3 Å². The number of aryl methyl sites for hydroxylation is 1. The number of rotatable bonds is 4. The van der Waals surface area contributed by atoms with E-state index in [0.717, 1.165) is 0 Å². The van der Waals surface area contributed by atoms with Crippen LogP contribution in [-0.4, -0.2) is 32.7 Å². The Bertz CT molecular complexity index is 599. The maximum absolute atomic E-state index is 11.8. The molecular weight excluding hydrogens is 266 g/mol. The molecule has 2 heterocycles. The number of aromatic amines is 1. The van der Waals surface area contributed by atoms with E-state index in [1.807, 2.05) is 0 Å². The normalized spacial score (nSPS) is 10.4. The fourth-order valence-corrected chi connectivity index (χ4v) is 2.16. The molecule has 0 saturated heterocycles. The summed E-state index contributed by atoms with van der Waals surface area (Å²) in [5, 5.41) is 7.66. The van der Waals surface area contributed by atoms with Crippen LogP contribution in [0.4, 0.5) is 5.69 Å². The molecule has 0 aliphatic carbocycles. The van der Waals surface area contributed by atoms with Crippen molar-refractivity contribution in [1.82, 2.24) is 20.2 Å². The first-order chi connectivity index (χ1) is 9.10. The zero-order valence-electron chi connectivity index (χ0n) is 10.5. The highest BCUT2D eigenvalue weighted by molar-refractivity contribution is 7.99. The lowest BCUT2D eigenvalue weighted by Crippen LogP contribution is -2.08. The lowest BCUT2D eigenvalue weighted by molar-refractivity contribution is 0.0521. The summed E-state index contributed by atoms with van der Waals surface area (Å²) >= 11 is 1.18. The first kappa shape index (κ1) is 13.3. The maximum atomic E-state index is 11.8. The van der Waals surface area contributed by atoms with Crippen LogP contribution in [0.15, 0.2) is 22.4 Å². The fourth-order valence-electron chi connectivity index (χ4n) is 1.36. The Balaban J connectivity index is 2.31. The van der Waals surface area contributed by atoms with E-state index in [1.165, 1.54) is 24.0 Å². The average molecular weight is 279 g/mol. The molecule has 0 aromatic carbocycles. The number of ether oxygens (including phenoxy) is 1. The molecule has 8 heteroatoms. The third-order valence-corrected chi connectivity index (χ3v) is 3.02. The van der Waals surface area contributed by atoms with Gasteiger partial charge in [-0.3, -0.25) is 5.10 Å². The van der Waals surface area contributed by atoms with Crippen molar-refractivity contribution in [3.05, 3.63) is 23.7 Å². The van der Waals surface area contributed by atoms with E-state index in [9.17, 15) is 4.79 Å². The second kappa shape index (κ2) is 5.70. The number of carbonyl (C=O) groups excluding carboxylic acids is 1. The summed E-state index contributed by atoms with van der Waals surface area (Å²) in [6.45, 7) is 3.82. The molecule has 2 aromatic rings. The van der Waals surface area contributed by atoms with Gasteiger partial charge in [-0.15, -0.1) is 5.10 Å². The van der Waals surface area contributed by atoms with E-state index in [2.05, 4.69) is 20.2 Å². The number of nitrogens with two attached hydrogens (primary N) is 1. The third-order valence-electron chi connectivity index (χ3n) is 2.13. The highest BCUT2D eigenvalue weighted by atomic mass is 32.2. The summed E-state index contributed by atoms with van der Waals surface area (Å²) in [5.41, 5.74) is 6.36. The van der Waals surface area contributed by atoms with Crippen LogP contribution >= 0.6 is 11.8 Å². The van der Waals surface area contributed by atoms with Crippen LogP contribution in [0, 0.1) is 6.92 Å². The molecule has 0 bridgehead atoms. The number of carbonyl (C=O) groups is 1. The largest absolute Gasteiger partial charge is 0.462 e. The number of nitrogen functional groups attached to an aromatic ring is 1. The molecule has 0 fully saturated rings. The quantitative estimate of drug-likeness (QED) is 0.815. The first-order valence-electron chi connectivity index (χ1n) is 5.59. The van der Waals surface area contributed by atoms with E-state index in [-0.39, 0.29) is 6.61 Å². The summed E-state index contributed by atoms with van der Waals surface area (Å²) in [6, 6.07) is 1.53. The van der Waals surface area contributed by atoms with Gasteiger partial charge in [0.1, 0.15) is 10.9 Å². The Morgan fingerprint density at radius 3 is 3.00 bits per heavy atom. The van der Waals surface area contributed by atoms with Crippen molar-refractivity contribution in [3.63, 3.8) is 0 Å². The van der Waals surface area contributed by atoms with E-state index in [1.54, 1.807) is 13.8 Å². The summed E-state index contributed by atoms with van der Waals surface area (Å²) in [4.78, 5) is 20.1. The molecule has 0 unspecified atom stereocenters. The number of anilines is 1. The monoisotopic (exact) mass is 279 g/mol. The zero-order valence-corrected chi connectivity index (χ0v) is 11.3. The predicted molar refractivity (Wildman–Crippen MR) is 69.8 cm³/mol. The Morgan fingerprint density at radius 1 is 1.58 bits per heavy atom. The number of nitrogens with one attached hydrogen (secondary N) is 1. The molecule has 0 spiro atoms. The number of pyridine rings is 1. The van der Waals surface area contributed by atoms with Crippen molar-refractivity contribution in [2.75, 3.05) is 12.3 Å². The minimum Gasteiger partial charge on any atom is -0.462 e. The second-order valence-corrected chi connectivity index (χ2v) is 4.60. The molecule has 2 aromatic heterocycles. The maximum Gasteiger partial charge on any atom is 0.340 e. The molecule has 19 heavy (non-hydrogen) atoms. The topological polar surface area (TPSA) is 107 Å². The molecule has 0 atom stereocenters. The minimum atomic E-state index is -0.461. The molecule has 0 saturated carbocycles. The van der Waals surface area contributed by atoms with Crippen LogP contribution in [-0.2, 0) is 4.74 Å². The van der Waals surface area contributed by atoms with E-state index >= 15 is 0 Å². The molecule has 0 radical (unpaired) electrons. The average Bonchev–Trinajstić information content (AvgIpc) is 2.77. The SMILES string of the molecule is CCOC(=O)c1cc(N)cnc1Sc1n[nH]c(C)n1. The number of aromatic nitrogens is 4. The molecular formula is C11H13N5O2S. The lowest BCUT2D eigenvalue weighted by Gasteiger charge is -2.06. The molecule has 0 aliphatic rings. The molecule has 0 aliphatic heterocycles. The predicted octanol–water partition coefficient (Wildman–Crippen LogP) is 1.42. The van der Waals surface area contributed by atoms with Crippen LogP contribution < -0.4 is 5.73 Å². The minimum absolute atomic E-state index is 0.289. The molecule has 2 rings (SSSR count). The lowest BCUT2D eigenvalue weighted by atomic mass is 10.3. The van der Waals surface area contributed by atoms with Crippen LogP contribution in [0.5, 0.6) is 0 Å². The van der Waals surface area contributed by atoms with Gasteiger partial charge in [0, 0.05) is 0 Å². The van der Waals surface area contributed by atoms with Crippen LogP contribution in [0.2, 0.25) is 0 Å². The van der Waals surface area contributed by atoms with Gasteiger partial charge in [-0.25, -0.2) is 14.8 Å². The van der Waals surface area contributed by atoms with Crippen molar-refractivity contribution in [3.8, 4) is 0 Å². The molecule has 3 N–H and O–H groups in total.